The Balaban J connectivity index is 2.06. The van der Waals surface area contributed by atoms with Crippen LogP contribution in [0.5, 0.6) is 0 Å². The average molecular weight is 499 g/mol. The number of carboxylic acids is 2. The van der Waals surface area contributed by atoms with E-state index in [4.69, 9.17) is 0 Å². The second kappa shape index (κ2) is 9.96. The monoisotopic (exact) mass is 498 g/mol. The molecule has 0 heterocycles. The first-order valence-corrected chi connectivity index (χ1v) is 13.5. The van der Waals surface area contributed by atoms with Crippen LogP contribution in [0.4, 0.5) is 0 Å². The lowest BCUT2D eigenvalue weighted by Gasteiger charge is -2.55. The number of fused-ring (bicyclic) bond motifs is 2. The molecular weight excluding hydrogens is 452 g/mol. The number of hydrogen-bond donors (Lipinski definition) is 3. The lowest BCUT2D eigenvalue weighted by molar-refractivity contribution is -0.148. The highest BCUT2D eigenvalue weighted by Gasteiger charge is 2.65. The van der Waals surface area contributed by atoms with Gasteiger partial charge in [-0.3, -0.25) is 9.59 Å². The zero-order valence-corrected chi connectivity index (χ0v) is 23.1. The molecule has 7 atom stereocenters. The van der Waals surface area contributed by atoms with Crippen LogP contribution in [0.1, 0.15) is 86.5 Å². The van der Waals surface area contributed by atoms with Crippen LogP contribution < -0.4 is 0 Å². The summed E-state index contributed by atoms with van der Waals surface area (Å²) in [4.78, 5) is 24.1. The number of carboxylic acid groups (broad SMARTS) is 2. The van der Waals surface area contributed by atoms with Gasteiger partial charge < -0.3 is 15.3 Å². The Morgan fingerprint density at radius 2 is 1.78 bits per heavy atom. The standard InChI is InChI=1S/C31H46O5/c1-18(2)20(5)9-10-21(28(35)36)27-25(32)17-31(8)24-12-11-22(19(3)4)29(6,15-14-26(33)34)23(24)13-16-30(27,31)7/h11-12,18,21-22,25,27,32H,3,5,9-10,13-17H2,1-2,4,6-8H3,(H,33,34)(H,35,36)/t21-,22+,25-,27+,29+,30-,31+/m1/s1. The third-order valence-electron chi connectivity index (χ3n) is 10.4. The Morgan fingerprint density at radius 1 is 1.14 bits per heavy atom. The van der Waals surface area contributed by atoms with Crippen LogP contribution >= 0.6 is 0 Å². The van der Waals surface area contributed by atoms with E-state index in [0.29, 0.717) is 31.6 Å². The minimum atomic E-state index is -0.839. The molecule has 0 radical (unpaired) electrons. The maximum absolute atomic E-state index is 12.6. The Morgan fingerprint density at radius 3 is 2.31 bits per heavy atom. The molecule has 0 saturated heterocycles. The molecule has 0 spiro atoms. The number of aliphatic hydroxyl groups excluding tert-OH is 1. The normalized spacial score (nSPS) is 36.4. The van der Waals surface area contributed by atoms with Gasteiger partial charge >= 0.3 is 11.9 Å². The molecule has 200 valence electrons. The quantitative estimate of drug-likeness (QED) is 0.288. The number of carbonyl (C=O) groups is 2. The van der Waals surface area contributed by atoms with Gasteiger partial charge in [-0.15, -0.1) is 0 Å². The van der Waals surface area contributed by atoms with Crippen LogP contribution in [0.3, 0.4) is 0 Å². The summed E-state index contributed by atoms with van der Waals surface area (Å²) in [6.07, 6.45) is 7.44. The summed E-state index contributed by atoms with van der Waals surface area (Å²) in [6.45, 7) is 21.1. The van der Waals surface area contributed by atoms with Gasteiger partial charge in [-0.05, 0) is 67.8 Å². The highest BCUT2D eigenvalue weighted by Crippen LogP contribution is 2.70. The minimum absolute atomic E-state index is 0.0551. The molecule has 36 heavy (non-hydrogen) atoms. The summed E-state index contributed by atoms with van der Waals surface area (Å²) in [5.74, 6) is -2.28. The van der Waals surface area contributed by atoms with Crippen molar-refractivity contribution in [2.45, 2.75) is 92.6 Å². The fourth-order valence-electron chi connectivity index (χ4n) is 7.93. The van der Waals surface area contributed by atoms with Gasteiger partial charge in [0.25, 0.3) is 0 Å². The average Bonchev–Trinajstić information content (AvgIpc) is 2.98. The Kier molecular flexibility index (Phi) is 7.87. The smallest absolute Gasteiger partial charge is 0.306 e. The van der Waals surface area contributed by atoms with Crippen LogP contribution in [0, 0.1) is 39.9 Å². The summed E-state index contributed by atoms with van der Waals surface area (Å²) in [5, 5.41) is 31.2. The van der Waals surface area contributed by atoms with Crippen LogP contribution in [-0.4, -0.2) is 33.4 Å². The number of allylic oxidation sites excluding steroid dienone is 6. The molecule has 0 bridgehead atoms. The van der Waals surface area contributed by atoms with E-state index in [2.05, 4.69) is 59.9 Å². The molecule has 3 N–H and O–H groups in total. The molecule has 0 aromatic rings. The molecule has 0 unspecified atom stereocenters. The van der Waals surface area contributed by atoms with Crippen LogP contribution in [0.15, 0.2) is 47.6 Å². The predicted octanol–water partition coefficient (Wildman–Crippen LogP) is 6.80. The van der Waals surface area contributed by atoms with E-state index in [1.165, 1.54) is 11.1 Å². The fourth-order valence-corrected chi connectivity index (χ4v) is 7.93. The Bertz CT molecular complexity index is 1000. The van der Waals surface area contributed by atoms with Gasteiger partial charge in [-0.25, -0.2) is 0 Å². The maximum atomic E-state index is 12.6. The summed E-state index contributed by atoms with van der Waals surface area (Å²) in [6, 6.07) is 0. The van der Waals surface area contributed by atoms with Crippen LogP contribution in [0.2, 0.25) is 0 Å². The summed E-state index contributed by atoms with van der Waals surface area (Å²) < 4.78 is 0. The SMILES string of the molecule is C=C(CC[C@@H](C(=O)O)[C@H]1[C@H](O)C[C@@]2(C)C3=C(CC[C@]12C)[C@@](C)(CCC(=O)O)[C@H](C(=C)C)C=C3)C(C)C. The molecule has 5 heteroatoms. The topological polar surface area (TPSA) is 94.8 Å². The summed E-state index contributed by atoms with van der Waals surface area (Å²) in [7, 11) is 0. The number of rotatable bonds is 10. The van der Waals surface area contributed by atoms with Crippen LogP contribution in [-0.2, 0) is 9.59 Å². The van der Waals surface area contributed by atoms with Crippen molar-refractivity contribution < 1.29 is 24.9 Å². The predicted molar refractivity (Wildman–Crippen MR) is 143 cm³/mol. The van der Waals surface area contributed by atoms with Crippen molar-refractivity contribution in [3.63, 3.8) is 0 Å². The lowest BCUT2D eigenvalue weighted by Crippen LogP contribution is -2.48. The number of aliphatic hydroxyl groups is 1. The van der Waals surface area contributed by atoms with E-state index in [9.17, 15) is 24.9 Å². The van der Waals surface area contributed by atoms with Gasteiger partial charge in [0.15, 0.2) is 0 Å². The molecule has 0 aromatic heterocycles. The van der Waals surface area contributed by atoms with Crippen molar-refractivity contribution >= 4 is 11.9 Å². The molecule has 0 aromatic carbocycles. The van der Waals surface area contributed by atoms with Crippen molar-refractivity contribution in [3.8, 4) is 0 Å². The van der Waals surface area contributed by atoms with Gasteiger partial charge in [0.05, 0.1) is 12.0 Å². The van der Waals surface area contributed by atoms with Gasteiger partial charge in [0, 0.05) is 23.7 Å². The van der Waals surface area contributed by atoms with Crippen molar-refractivity contribution in [2.24, 2.45) is 39.9 Å². The Hall–Kier alpha value is -2.14. The summed E-state index contributed by atoms with van der Waals surface area (Å²) >= 11 is 0. The minimum Gasteiger partial charge on any atom is -0.481 e. The highest BCUT2D eigenvalue weighted by atomic mass is 16.4. The number of hydrogen-bond acceptors (Lipinski definition) is 3. The molecule has 3 aliphatic rings. The van der Waals surface area contributed by atoms with E-state index in [0.717, 1.165) is 24.0 Å². The van der Waals surface area contributed by atoms with Crippen LogP contribution in [0.25, 0.3) is 0 Å². The fraction of sp³-hybridized carbons (Fsp3) is 0.677. The van der Waals surface area contributed by atoms with Crippen molar-refractivity contribution in [1.82, 2.24) is 0 Å². The first kappa shape index (κ1) is 28.4. The maximum Gasteiger partial charge on any atom is 0.306 e. The third kappa shape index (κ3) is 4.53. The van der Waals surface area contributed by atoms with E-state index >= 15 is 0 Å². The largest absolute Gasteiger partial charge is 0.481 e. The molecule has 3 aliphatic carbocycles. The van der Waals surface area contributed by atoms with Crippen molar-refractivity contribution in [3.05, 3.63) is 47.6 Å². The van der Waals surface area contributed by atoms with E-state index in [1.54, 1.807) is 0 Å². The van der Waals surface area contributed by atoms with Crippen molar-refractivity contribution in [1.29, 1.82) is 0 Å². The lowest BCUT2D eigenvalue weighted by atomic mass is 9.48. The van der Waals surface area contributed by atoms with E-state index < -0.39 is 29.4 Å². The third-order valence-corrected chi connectivity index (χ3v) is 10.4. The van der Waals surface area contributed by atoms with Gasteiger partial charge in [-0.1, -0.05) is 76.6 Å². The highest BCUT2D eigenvalue weighted by molar-refractivity contribution is 5.71. The molecule has 5 nitrogen and oxygen atoms in total. The second-order valence-corrected chi connectivity index (χ2v) is 12.7. The van der Waals surface area contributed by atoms with Gasteiger partial charge in [-0.2, -0.15) is 0 Å². The van der Waals surface area contributed by atoms with Crippen molar-refractivity contribution in [2.75, 3.05) is 0 Å². The van der Waals surface area contributed by atoms with Gasteiger partial charge in [0.2, 0.25) is 0 Å². The number of aliphatic carboxylic acids is 2. The summed E-state index contributed by atoms with van der Waals surface area (Å²) in [5.41, 5.74) is 3.38. The van der Waals surface area contributed by atoms with E-state index in [-0.39, 0.29) is 29.1 Å². The van der Waals surface area contributed by atoms with E-state index in [1.807, 2.05) is 6.92 Å². The Labute approximate surface area is 217 Å². The molecule has 0 amide bonds. The molecule has 1 fully saturated rings. The first-order valence-electron chi connectivity index (χ1n) is 13.5. The molecule has 0 aliphatic heterocycles. The molecular formula is C31H46O5. The second-order valence-electron chi connectivity index (χ2n) is 12.7. The van der Waals surface area contributed by atoms with Gasteiger partial charge in [0.1, 0.15) is 0 Å². The molecule has 1 saturated carbocycles. The first-order chi connectivity index (χ1) is 16.6. The zero-order chi connectivity index (χ0) is 27.2. The zero-order valence-electron chi connectivity index (χ0n) is 23.1. The molecule has 3 rings (SSSR count).